The highest BCUT2D eigenvalue weighted by Gasteiger charge is 2.27. The third kappa shape index (κ3) is 4.74. The van der Waals surface area contributed by atoms with Crippen LogP contribution in [0.4, 0.5) is 5.00 Å². The van der Waals surface area contributed by atoms with Crippen molar-refractivity contribution in [2.75, 3.05) is 18.4 Å². The van der Waals surface area contributed by atoms with Crippen LogP contribution in [0.1, 0.15) is 40.6 Å². The van der Waals surface area contributed by atoms with Crippen molar-refractivity contribution in [2.45, 2.75) is 26.2 Å². The van der Waals surface area contributed by atoms with Crippen molar-refractivity contribution in [3.63, 3.8) is 0 Å². The van der Waals surface area contributed by atoms with Crippen molar-refractivity contribution < 1.29 is 14.4 Å². The van der Waals surface area contributed by atoms with Gasteiger partial charge in [-0.05, 0) is 24.5 Å². The second-order valence-electron chi connectivity index (χ2n) is 6.75. The highest BCUT2D eigenvalue weighted by Crippen LogP contribution is 2.31. The Morgan fingerprint density at radius 1 is 1.19 bits per heavy atom. The molecule has 6 nitrogen and oxygen atoms in total. The third-order valence-electron chi connectivity index (χ3n) is 4.82. The number of hydrogen-bond acceptors (Lipinski definition) is 4. The minimum absolute atomic E-state index is 0.0358. The minimum Gasteiger partial charge on any atom is -0.366 e. The Bertz CT molecular complexity index is 839. The molecule has 7 heteroatoms. The number of benzene rings is 1. The molecule has 0 aliphatic carbocycles. The van der Waals surface area contributed by atoms with E-state index in [0.717, 1.165) is 10.4 Å². The van der Waals surface area contributed by atoms with E-state index in [2.05, 4.69) is 5.32 Å². The van der Waals surface area contributed by atoms with Gasteiger partial charge in [0.05, 0.1) is 5.56 Å². The van der Waals surface area contributed by atoms with Gasteiger partial charge in [-0.2, -0.15) is 0 Å². The maximum Gasteiger partial charge on any atom is 0.251 e. The molecule has 0 atom stereocenters. The van der Waals surface area contributed by atoms with Gasteiger partial charge in [-0.25, -0.2) is 0 Å². The Balaban J connectivity index is 1.69. The van der Waals surface area contributed by atoms with Gasteiger partial charge < -0.3 is 16.0 Å². The molecule has 3 amide bonds. The lowest BCUT2D eigenvalue weighted by Crippen LogP contribution is -2.40. The fourth-order valence-corrected chi connectivity index (χ4v) is 4.37. The van der Waals surface area contributed by atoms with Crippen LogP contribution in [0.25, 0.3) is 0 Å². The monoisotopic (exact) mass is 385 g/mol. The number of hydrogen-bond donors (Lipinski definition) is 2. The largest absolute Gasteiger partial charge is 0.366 e. The Kier molecular flexibility index (Phi) is 5.91. The summed E-state index contributed by atoms with van der Waals surface area (Å²) in [5, 5.41) is 3.39. The highest BCUT2D eigenvalue weighted by molar-refractivity contribution is 7.16. The lowest BCUT2D eigenvalue weighted by Gasteiger charge is -2.30. The number of thiophene rings is 1. The van der Waals surface area contributed by atoms with Gasteiger partial charge in [0.15, 0.2) is 0 Å². The van der Waals surface area contributed by atoms with E-state index in [-0.39, 0.29) is 17.7 Å². The second-order valence-corrected chi connectivity index (χ2v) is 7.89. The van der Waals surface area contributed by atoms with E-state index >= 15 is 0 Å². The maximum absolute atomic E-state index is 12.6. The molecule has 0 spiro atoms. The molecule has 1 fully saturated rings. The average Bonchev–Trinajstić information content (AvgIpc) is 3.05. The summed E-state index contributed by atoms with van der Waals surface area (Å²) < 4.78 is 0. The zero-order valence-corrected chi connectivity index (χ0v) is 16.1. The summed E-state index contributed by atoms with van der Waals surface area (Å²) in [4.78, 5) is 38.6. The molecule has 142 valence electrons. The molecule has 0 radical (unpaired) electrons. The summed E-state index contributed by atoms with van der Waals surface area (Å²) in [5.74, 6) is -0.796. The maximum atomic E-state index is 12.6. The number of piperidine rings is 1. The minimum atomic E-state index is -0.549. The van der Waals surface area contributed by atoms with Crippen molar-refractivity contribution in [3.8, 4) is 0 Å². The number of carbonyl (C=O) groups is 3. The summed E-state index contributed by atoms with van der Waals surface area (Å²) in [6.45, 7) is 2.71. The molecule has 0 saturated carbocycles. The summed E-state index contributed by atoms with van der Waals surface area (Å²) in [7, 11) is 0. The predicted octanol–water partition coefficient (Wildman–Crippen LogP) is 2.63. The topological polar surface area (TPSA) is 92.5 Å². The van der Waals surface area contributed by atoms with E-state index in [9.17, 15) is 14.4 Å². The molecular weight excluding hydrogens is 362 g/mol. The normalized spacial score (nSPS) is 14.8. The molecule has 1 saturated heterocycles. The third-order valence-corrected chi connectivity index (χ3v) is 5.87. The molecule has 3 N–H and O–H groups in total. The number of nitrogens with zero attached hydrogens (tertiary/aromatic N) is 1. The fraction of sp³-hybridized carbons (Fsp3) is 0.350. The second kappa shape index (κ2) is 8.35. The van der Waals surface area contributed by atoms with E-state index in [1.54, 1.807) is 17.9 Å². The summed E-state index contributed by atoms with van der Waals surface area (Å²) in [6, 6.07) is 11.7. The van der Waals surface area contributed by atoms with Crippen molar-refractivity contribution in [3.05, 3.63) is 52.4 Å². The zero-order valence-electron chi connectivity index (χ0n) is 15.2. The van der Waals surface area contributed by atoms with E-state index in [4.69, 9.17) is 5.73 Å². The Labute approximate surface area is 162 Å². The quantitative estimate of drug-likeness (QED) is 0.829. The predicted molar refractivity (Wildman–Crippen MR) is 106 cm³/mol. The van der Waals surface area contributed by atoms with Crippen LogP contribution in [-0.2, 0) is 16.0 Å². The van der Waals surface area contributed by atoms with E-state index in [1.165, 1.54) is 11.3 Å². The molecule has 2 heterocycles. The van der Waals surface area contributed by atoms with Crippen LogP contribution in [0.2, 0.25) is 0 Å². The molecular formula is C20H23N3O3S. The molecule has 27 heavy (non-hydrogen) atoms. The first-order valence-corrected chi connectivity index (χ1v) is 9.78. The fourth-order valence-electron chi connectivity index (χ4n) is 3.27. The number of nitrogens with two attached hydrogens (primary N) is 1. The Morgan fingerprint density at radius 2 is 1.85 bits per heavy atom. The SMILES string of the molecule is CC(=O)N1CCC(C(=O)Nc2sc(Cc3ccccc3)cc2C(N)=O)CC1. The van der Waals surface area contributed by atoms with Gasteiger partial charge in [-0.3, -0.25) is 14.4 Å². The van der Waals surface area contributed by atoms with Gasteiger partial charge in [0.2, 0.25) is 11.8 Å². The van der Waals surface area contributed by atoms with E-state index < -0.39 is 5.91 Å². The van der Waals surface area contributed by atoms with Crippen molar-refractivity contribution in [2.24, 2.45) is 11.7 Å². The smallest absolute Gasteiger partial charge is 0.251 e. The standard InChI is InChI=1S/C20H23N3O3S/c1-13(24)23-9-7-15(8-10-23)19(26)22-20-17(18(21)25)12-16(27-20)11-14-5-3-2-4-6-14/h2-6,12,15H,7-11H2,1H3,(H2,21,25)(H,22,26). The number of rotatable bonds is 5. The van der Waals surface area contributed by atoms with Crippen LogP contribution in [0.5, 0.6) is 0 Å². The molecule has 2 aromatic rings. The zero-order chi connectivity index (χ0) is 19.4. The number of carbonyl (C=O) groups excluding carboxylic acids is 3. The first-order valence-electron chi connectivity index (χ1n) is 8.97. The number of anilines is 1. The van der Waals surface area contributed by atoms with Crippen LogP contribution < -0.4 is 11.1 Å². The van der Waals surface area contributed by atoms with Crippen LogP contribution in [0.3, 0.4) is 0 Å². The van der Waals surface area contributed by atoms with Crippen LogP contribution in [0, 0.1) is 5.92 Å². The van der Waals surface area contributed by atoms with Crippen molar-refractivity contribution >= 4 is 34.1 Å². The van der Waals surface area contributed by atoms with Gasteiger partial charge >= 0.3 is 0 Å². The number of nitrogens with one attached hydrogen (secondary N) is 1. The van der Waals surface area contributed by atoms with Crippen LogP contribution in [0.15, 0.2) is 36.4 Å². The van der Waals surface area contributed by atoms with Gasteiger partial charge in [0.1, 0.15) is 5.00 Å². The molecule has 1 aliphatic rings. The van der Waals surface area contributed by atoms with Gasteiger partial charge in [-0.15, -0.1) is 11.3 Å². The first kappa shape index (κ1) is 19.1. The Hall–Kier alpha value is -2.67. The van der Waals surface area contributed by atoms with E-state index in [1.807, 2.05) is 30.3 Å². The average molecular weight is 385 g/mol. The summed E-state index contributed by atoms with van der Waals surface area (Å²) in [6.07, 6.45) is 1.93. The molecule has 0 bridgehead atoms. The summed E-state index contributed by atoms with van der Waals surface area (Å²) in [5.41, 5.74) is 6.98. The lowest BCUT2D eigenvalue weighted by molar-refractivity contribution is -0.132. The van der Waals surface area contributed by atoms with Gasteiger partial charge in [0.25, 0.3) is 5.91 Å². The van der Waals surface area contributed by atoms with Gasteiger partial charge in [-0.1, -0.05) is 30.3 Å². The molecule has 1 aromatic heterocycles. The van der Waals surface area contributed by atoms with Crippen LogP contribution >= 0.6 is 11.3 Å². The lowest BCUT2D eigenvalue weighted by atomic mass is 9.96. The number of amides is 3. The Morgan fingerprint density at radius 3 is 2.44 bits per heavy atom. The van der Waals surface area contributed by atoms with Gasteiger partial charge in [0, 0.05) is 37.2 Å². The molecule has 1 aliphatic heterocycles. The summed E-state index contributed by atoms with van der Waals surface area (Å²) >= 11 is 1.38. The van der Waals surface area contributed by atoms with Crippen molar-refractivity contribution in [1.29, 1.82) is 0 Å². The van der Waals surface area contributed by atoms with E-state index in [0.29, 0.717) is 42.9 Å². The molecule has 3 rings (SSSR count). The first-order chi connectivity index (χ1) is 12.9. The number of likely N-dealkylation sites (tertiary alicyclic amines) is 1. The van der Waals surface area contributed by atoms with Crippen LogP contribution in [-0.4, -0.2) is 35.7 Å². The highest BCUT2D eigenvalue weighted by atomic mass is 32.1. The molecule has 0 unspecified atom stereocenters. The number of primary amides is 1. The van der Waals surface area contributed by atoms with Crippen molar-refractivity contribution in [1.82, 2.24) is 4.90 Å². The molecule has 1 aromatic carbocycles.